The molecule has 0 aliphatic carbocycles. The first-order valence-corrected chi connectivity index (χ1v) is 8.52. The Kier molecular flexibility index (Phi) is 7.31. The van der Waals surface area contributed by atoms with Crippen LogP contribution in [0.5, 0.6) is 0 Å². The lowest BCUT2D eigenvalue weighted by atomic mass is 10.2. The lowest BCUT2D eigenvalue weighted by molar-refractivity contribution is -0.151. The van der Waals surface area contributed by atoms with Gasteiger partial charge >= 0.3 is 5.97 Å². The molecule has 2 amide bonds. The lowest BCUT2D eigenvalue weighted by Crippen LogP contribution is -2.37. The predicted octanol–water partition coefficient (Wildman–Crippen LogP) is 2.41. The molecule has 0 aromatic heterocycles. The van der Waals surface area contributed by atoms with Crippen LogP contribution in [-0.2, 0) is 25.7 Å². The van der Waals surface area contributed by atoms with E-state index in [9.17, 15) is 14.4 Å². The Bertz CT molecular complexity index is 817. The first kappa shape index (κ1) is 19.9. The van der Waals surface area contributed by atoms with Crippen molar-refractivity contribution in [2.45, 2.75) is 26.5 Å². The molecule has 27 heavy (non-hydrogen) atoms. The second-order valence-corrected chi connectivity index (χ2v) is 5.90. The minimum atomic E-state index is -1.01. The molecule has 0 spiro atoms. The Hall–Kier alpha value is -3.41. The van der Waals surface area contributed by atoms with E-state index in [1.807, 2.05) is 48.5 Å². The van der Waals surface area contributed by atoms with Crippen molar-refractivity contribution in [3.05, 3.63) is 77.5 Å². The molecule has 0 aliphatic heterocycles. The number of rotatable bonds is 7. The van der Waals surface area contributed by atoms with Gasteiger partial charge in [0.2, 0.25) is 5.91 Å². The van der Waals surface area contributed by atoms with Crippen LogP contribution in [0.25, 0.3) is 6.08 Å². The summed E-state index contributed by atoms with van der Waals surface area (Å²) in [6.45, 7) is 3.11. The maximum absolute atomic E-state index is 12.4. The summed E-state index contributed by atoms with van der Waals surface area (Å²) in [5.41, 5.74) is 1.63. The van der Waals surface area contributed by atoms with E-state index < -0.39 is 23.9 Å². The Balaban J connectivity index is 1.99. The second kappa shape index (κ2) is 9.91. The SMILES string of the molecule is CC(=O)NC(=Cc1ccccc1)C(=O)OC(C)C(=O)NCc1ccccc1. The average molecular weight is 366 g/mol. The van der Waals surface area contributed by atoms with Gasteiger partial charge in [0.15, 0.2) is 6.10 Å². The second-order valence-electron chi connectivity index (χ2n) is 5.90. The minimum Gasteiger partial charge on any atom is -0.448 e. The Morgan fingerprint density at radius 2 is 1.59 bits per heavy atom. The van der Waals surface area contributed by atoms with Crippen molar-refractivity contribution in [1.29, 1.82) is 0 Å². The zero-order valence-electron chi connectivity index (χ0n) is 15.3. The number of hydrogen-bond donors (Lipinski definition) is 2. The number of amides is 2. The zero-order valence-corrected chi connectivity index (χ0v) is 15.3. The number of esters is 1. The van der Waals surface area contributed by atoms with Gasteiger partial charge in [0, 0.05) is 13.5 Å². The van der Waals surface area contributed by atoms with Gasteiger partial charge in [0.25, 0.3) is 5.91 Å². The molecule has 6 nitrogen and oxygen atoms in total. The Morgan fingerprint density at radius 3 is 2.19 bits per heavy atom. The molecule has 0 bridgehead atoms. The number of ether oxygens (including phenoxy) is 1. The van der Waals surface area contributed by atoms with Gasteiger partial charge in [-0.05, 0) is 24.1 Å². The van der Waals surface area contributed by atoms with Gasteiger partial charge in [-0.25, -0.2) is 4.79 Å². The summed E-state index contributed by atoms with van der Waals surface area (Å²) in [4.78, 5) is 35.9. The van der Waals surface area contributed by atoms with Crippen molar-refractivity contribution in [3.8, 4) is 0 Å². The van der Waals surface area contributed by atoms with Crippen LogP contribution in [0.2, 0.25) is 0 Å². The standard InChI is InChI=1S/C21H22N2O4/c1-15(20(25)22-14-18-11-7-4-8-12-18)27-21(26)19(23-16(2)24)13-17-9-5-3-6-10-17/h3-13,15H,14H2,1-2H3,(H,22,25)(H,23,24). The van der Waals surface area contributed by atoms with Crippen molar-refractivity contribution in [2.24, 2.45) is 0 Å². The topological polar surface area (TPSA) is 84.5 Å². The molecule has 140 valence electrons. The molecule has 0 fully saturated rings. The van der Waals surface area contributed by atoms with Crippen molar-refractivity contribution in [2.75, 3.05) is 0 Å². The molecule has 0 aliphatic rings. The van der Waals surface area contributed by atoms with E-state index in [-0.39, 0.29) is 5.70 Å². The van der Waals surface area contributed by atoms with Gasteiger partial charge in [0.05, 0.1) is 0 Å². The summed E-state index contributed by atoms with van der Waals surface area (Å²) in [6.07, 6.45) is 0.493. The van der Waals surface area contributed by atoms with E-state index in [4.69, 9.17) is 4.74 Å². The maximum atomic E-state index is 12.4. The van der Waals surface area contributed by atoms with Crippen molar-refractivity contribution < 1.29 is 19.1 Å². The smallest absolute Gasteiger partial charge is 0.355 e. The van der Waals surface area contributed by atoms with E-state index in [0.29, 0.717) is 6.54 Å². The van der Waals surface area contributed by atoms with Crippen LogP contribution >= 0.6 is 0 Å². The highest BCUT2D eigenvalue weighted by Crippen LogP contribution is 2.08. The number of nitrogens with one attached hydrogen (secondary N) is 2. The molecular formula is C21H22N2O4. The Morgan fingerprint density at radius 1 is 1.00 bits per heavy atom. The monoisotopic (exact) mass is 366 g/mol. The van der Waals surface area contributed by atoms with Gasteiger partial charge in [-0.15, -0.1) is 0 Å². The van der Waals surface area contributed by atoms with Crippen LogP contribution in [-0.4, -0.2) is 23.9 Å². The largest absolute Gasteiger partial charge is 0.448 e. The van der Waals surface area contributed by atoms with Gasteiger partial charge in [0.1, 0.15) is 5.70 Å². The summed E-state index contributed by atoms with van der Waals surface area (Å²) in [5, 5.41) is 5.16. The molecular weight excluding hydrogens is 344 g/mol. The van der Waals surface area contributed by atoms with E-state index in [1.54, 1.807) is 12.1 Å². The highest BCUT2D eigenvalue weighted by molar-refractivity contribution is 5.98. The first-order chi connectivity index (χ1) is 13.0. The molecule has 2 rings (SSSR count). The normalized spacial score (nSPS) is 12.0. The van der Waals surface area contributed by atoms with Crippen LogP contribution in [0, 0.1) is 0 Å². The maximum Gasteiger partial charge on any atom is 0.355 e. The van der Waals surface area contributed by atoms with Crippen molar-refractivity contribution >= 4 is 23.9 Å². The number of benzene rings is 2. The molecule has 0 saturated carbocycles. The van der Waals surface area contributed by atoms with Crippen LogP contribution in [0.1, 0.15) is 25.0 Å². The van der Waals surface area contributed by atoms with Crippen molar-refractivity contribution in [3.63, 3.8) is 0 Å². The third-order valence-corrected chi connectivity index (χ3v) is 3.60. The van der Waals surface area contributed by atoms with Gasteiger partial charge in [-0.3, -0.25) is 9.59 Å². The molecule has 0 radical (unpaired) electrons. The predicted molar refractivity (Wildman–Crippen MR) is 102 cm³/mol. The fraction of sp³-hybridized carbons (Fsp3) is 0.190. The summed E-state index contributed by atoms with van der Waals surface area (Å²) in [6, 6.07) is 18.4. The van der Waals surface area contributed by atoms with E-state index in [2.05, 4.69) is 10.6 Å². The summed E-state index contributed by atoms with van der Waals surface area (Å²) < 4.78 is 5.20. The van der Waals surface area contributed by atoms with Crippen LogP contribution in [0.15, 0.2) is 66.4 Å². The first-order valence-electron chi connectivity index (χ1n) is 8.52. The fourth-order valence-corrected chi connectivity index (χ4v) is 2.26. The zero-order chi connectivity index (χ0) is 19.6. The molecule has 2 aromatic rings. The molecule has 1 unspecified atom stereocenters. The highest BCUT2D eigenvalue weighted by atomic mass is 16.5. The molecule has 0 heterocycles. The molecule has 0 saturated heterocycles. The fourth-order valence-electron chi connectivity index (χ4n) is 2.26. The average Bonchev–Trinajstić information content (AvgIpc) is 2.66. The Labute approximate surface area is 158 Å². The molecule has 2 aromatic carbocycles. The number of carbonyl (C=O) groups excluding carboxylic acids is 3. The third-order valence-electron chi connectivity index (χ3n) is 3.60. The van der Waals surface area contributed by atoms with E-state index in [1.165, 1.54) is 19.9 Å². The number of hydrogen-bond acceptors (Lipinski definition) is 4. The lowest BCUT2D eigenvalue weighted by Gasteiger charge is -2.15. The summed E-state index contributed by atoms with van der Waals surface area (Å²) in [7, 11) is 0. The van der Waals surface area contributed by atoms with Gasteiger partial charge in [-0.2, -0.15) is 0 Å². The highest BCUT2D eigenvalue weighted by Gasteiger charge is 2.21. The summed E-state index contributed by atoms with van der Waals surface area (Å²) in [5.74, 6) is -1.61. The molecule has 2 N–H and O–H groups in total. The number of carbonyl (C=O) groups is 3. The van der Waals surface area contributed by atoms with Crippen molar-refractivity contribution in [1.82, 2.24) is 10.6 Å². The molecule has 6 heteroatoms. The minimum absolute atomic E-state index is 0.0311. The van der Waals surface area contributed by atoms with Gasteiger partial charge < -0.3 is 15.4 Å². The van der Waals surface area contributed by atoms with E-state index >= 15 is 0 Å². The van der Waals surface area contributed by atoms with Crippen LogP contribution in [0.4, 0.5) is 0 Å². The van der Waals surface area contributed by atoms with Crippen LogP contribution < -0.4 is 10.6 Å². The van der Waals surface area contributed by atoms with Crippen LogP contribution in [0.3, 0.4) is 0 Å². The third kappa shape index (κ3) is 6.78. The quantitative estimate of drug-likeness (QED) is 0.582. The molecule has 1 atom stereocenters. The summed E-state index contributed by atoms with van der Waals surface area (Å²) >= 11 is 0. The van der Waals surface area contributed by atoms with E-state index in [0.717, 1.165) is 11.1 Å². The van der Waals surface area contributed by atoms with Gasteiger partial charge in [-0.1, -0.05) is 60.7 Å².